The van der Waals surface area contributed by atoms with E-state index in [2.05, 4.69) is 5.32 Å². The minimum absolute atomic E-state index is 0.00630. The molecule has 0 fully saturated rings. The number of fused-ring (bicyclic) bond motifs is 1. The van der Waals surface area contributed by atoms with Crippen LogP contribution >= 0.6 is 23.4 Å². The first-order valence-electron chi connectivity index (χ1n) is 8.93. The normalized spacial score (nSPS) is 16.1. The number of nitrogens with zero attached hydrogens (tertiary/aromatic N) is 1. The minimum atomic E-state index is -3.91. The fourth-order valence-corrected chi connectivity index (χ4v) is 4.73. The fraction of sp³-hybridized carbons (Fsp3) is 0.263. The van der Waals surface area contributed by atoms with Gasteiger partial charge in [0.05, 0.1) is 21.4 Å². The molecule has 2 amide bonds. The molecule has 2 aromatic carbocycles. The Hall–Kier alpha value is -2.14. The maximum Gasteiger partial charge on any atom is 0.286 e. The molecule has 0 saturated carbocycles. The molecule has 2 aromatic rings. The molecule has 1 aliphatic heterocycles. The van der Waals surface area contributed by atoms with Gasteiger partial charge in [-0.3, -0.25) is 9.59 Å². The zero-order valence-corrected chi connectivity index (χ0v) is 18.3. The molecule has 0 saturated heterocycles. The molecular weight excluding hydrogens is 453 g/mol. The molecule has 11 heteroatoms. The largest absolute Gasteiger partial charge is 0.324 e. The number of thioether (sulfide) groups is 1. The van der Waals surface area contributed by atoms with Gasteiger partial charge in [0.25, 0.3) is 5.24 Å². The van der Waals surface area contributed by atoms with E-state index in [-0.39, 0.29) is 38.5 Å². The van der Waals surface area contributed by atoms with Gasteiger partial charge < -0.3 is 10.2 Å². The summed E-state index contributed by atoms with van der Waals surface area (Å²) in [5.74, 6) is -1.01. The van der Waals surface area contributed by atoms with Crippen molar-refractivity contribution >= 4 is 55.9 Å². The third kappa shape index (κ3) is 5.12. The standard InChI is InChI=1S/C19H19ClFN3O4S2/c1-11-2-3-12-8-13(21)4-7-17(12)24(11)19(26)29-10-18(25)23-16-6-5-14(9-15(16)20)30(22,27)28/h4-9,11H,2-3,10H2,1H3,(H,23,25)(H2,22,27,28). The Kier molecular flexibility index (Phi) is 6.71. The van der Waals surface area contributed by atoms with Gasteiger partial charge in [-0.2, -0.15) is 0 Å². The third-order valence-electron chi connectivity index (χ3n) is 4.64. The maximum atomic E-state index is 13.5. The SMILES string of the molecule is CC1CCc2cc(F)ccc2N1C(=O)SCC(=O)Nc1ccc(S(N)(=O)=O)cc1Cl. The third-order valence-corrected chi connectivity index (χ3v) is 6.71. The van der Waals surface area contributed by atoms with E-state index >= 15 is 0 Å². The average molecular weight is 472 g/mol. The summed E-state index contributed by atoms with van der Waals surface area (Å²) < 4.78 is 36.2. The highest BCUT2D eigenvalue weighted by Gasteiger charge is 2.29. The maximum absolute atomic E-state index is 13.5. The lowest BCUT2D eigenvalue weighted by Gasteiger charge is -2.34. The molecule has 160 valence electrons. The molecule has 30 heavy (non-hydrogen) atoms. The second-order valence-corrected chi connectivity index (χ2v) is 9.72. The Bertz CT molecular complexity index is 1110. The topological polar surface area (TPSA) is 110 Å². The van der Waals surface area contributed by atoms with Crippen molar-refractivity contribution < 1.29 is 22.4 Å². The Morgan fingerprint density at radius 2 is 2.03 bits per heavy atom. The predicted molar refractivity (Wildman–Crippen MR) is 116 cm³/mol. The van der Waals surface area contributed by atoms with Crippen LogP contribution in [-0.4, -0.2) is 31.4 Å². The number of nitrogens with two attached hydrogens (primary N) is 1. The lowest BCUT2D eigenvalue weighted by Crippen LogP contribution is -2.40. The summed E-state index contributed by atoms with van der Waals surface area (Å²) in [7, 11) is -3.91. The Morgan fingerprint density at radius 1 is 1.30 bits per heavy atom. The number of halogens is 2. The van der Waals surface area contributed by atoms with E-state index in [0.29, 0.717) is 18.5 Å². The number of primary sulfonamides is 1. The summed E-state index contributed by atoms with van der Waals surface area (Å²) in [5, 5.41) is 7.27. The van der Waals surface area contributed by atoms with Crippen molar-refractivity contribution in [3.8, 4) is 0 Å². The number of hydrogen-bond donors (Lipinski definition) is 2. The Balaban J connectivity index is 1.65. The van der Waals surface area contributed by atoms with Gasteiger partial charge in [0.2, 0.25) is 15.9 Å². The van der Waals surface area contributed by atoms with Gasteiger partial charge in [-0.15, -0.1) is 0 Å². The highest BCUT2D eigenvalue weighted by molar-refractivity contribution is 8.14. The summed E-state index contributed by atoms with van der Waals surface area (Å²) in [5.41, 5.74) is 1.61. The average Bonchev–Trinajstić information content (AvgIpc) is 2.67. The Morgan fingerprint density at radius 3 is 2.70 bits per heavy atom. The molecule has 1 atom stereocenters. The number of anilines is 2. The number of aryl methyl sites for hydroxylation is 1. The number of hydrogen-bond acceptors (Lipinski definition) is 5. The van der Waals surface area contributed by atoms with E-state index in [1.54, 1.807) is 11.0 Å². The van der Waals surface area contributed by atoms with Crippen LogP contribution in [0, 0.1) is 5.82 Å². The molecule has 1 heterocycles. The van der Waals surface area contributed by atoms with Crippen LogP contribution in [-0.2, 0) is 21.2 Å². The number of nitrogens with one attached hydrogen (secondary N) is 1. The van der Waals surface area contributed by atoms with Crippen molar-refractivity contribution in [3.63, 3.8) is 0 Å². The van der Waals surface area contributed by atoms with Crippen LogP contribution in [0.3, 0.4) is 0 Å². The zero-order valence-electron chi connectivity index (χ0n) is 15.9. The smallest absolute Gasteiger partial charge is 0.286 e. The van der Waals surface area contributed by atoms with Crippen molar-refractivity contribution in [1.29, 1.82) is 0 Å². The summed E-state index contributed by atoms with van der Waals surface area (Å²) in [4.78, 5) is 26.4. The zero-order chi connectivity index (χ0) is 22.1. The van der Waals surface area contributed by atoms with Gasteiger partial charge in [-0.05, 0) is 61.7 Å². The van der Waals surface area contributed by atoms with E-state index in [4.69, 9.17) is 16.7 Å². The summed E-state index contributed by atoms with van der Waals surface area (Å²) in [6.45, 7) is 1.90. The number of amides is 2. The first kappa shape index (κ1) is 22.5. The summed E-state index contributed by atoms with van der Waals surface area (Å²) >= 11 is 6.82. The molecule has 0 bridgehead atoms. The number of benzene rings is 2. The predicted octanol–water partition coefficient (Wildman–Crippen LogP) is 3.76. The second-order valence-electron chi connectivity index (χ2n) is 6.82. The molecule has 1 unspecified atom stereocenters. The highest BCUT2D eigenvalue weighted by Crippen LogP contribution is 2.33. The van der Waals surface area contributed by atoms with E-state index in [9.17, 15) is 22.4 Å². The molecule has 3 N–H and O–H groups in total. The van der Waals surface area contributed by atoms with Crippen LogP contribution < -0.4 is 15.4 Å². The van der Waals surface area contributed by atoms with E-state index in [1.165, 1.54) is 24.3 Å². The van der Waals surface area contributed by atoms with Gasteiger partial charge in [0.15, 0.2) is 0 Å². The van der Waals surface area contributed by atoms with Gasteiger partial charge in [0.1, 0.15) is 5.82 Å². The summed E-state index contributed by atoms with van der Waals surface area (Å²) in [6, 6.07) is 7.91. The van der Waals surface area contributed by atoms with Gasteiger partial charge in [-0.1, -0.05) is 23.4 Å². The van der Waals surface area contributed by atoms with Crippen LogP contribution in [0.2, 0.25) is 5.02 Å². The quantitative estimate of drug-likeness (QED) is 0.705. The van der Waals surface area contributed by atoms with E-state index in [1.807, 2.05) is 6.92 Å². The lowest BCUT2D eigenvalue weighted by molar-refractivity contribution is -0.113. The molecule has 0 radical (unpaired) electrons. The fourth-order valence-electron chi connectivity index (χ4n) is 3.16. The number of sulfonamides is 1. The molecule has 1 aliphatic rings. The lowest BCUT2D eigenvalue weighted by atomic mass is 9.97. The molecule has 0 aliphatic carbocycles. The van der Waals surface area contributed by atoms with E-state index in [0.717, 1.165) is 23.4 Å². The molecule has 0 spiro atoms. The van der Waals surface area contributed by atoms with Crippen LogP contribution in [0.5, 0.6) is 0 Å². The monoisotopic (exact) mass is 471 g/mol. The molecule has 7 nitrogen and oxygen atoms in total. The van der Waals surface area contributed by atoms with Crippen molar-refractivity contribution in [2.75, 3.05) is 16.0 Å². The summed E-state index contributed by atoms with van der Waals surface area (Å²) in [6.07, 6.45) is 1.37. The van der Waals surface area contributed by atoms with Crippen LogP contribution in [0.25, 0.3) is 0 Å². The van der Waals surface area contributed by atoms with Crippen LogP contribution in [0.15, 0.2) is 41.3 Å². The molecule has 3 rings (SSSR count). The molecule has 0 aromatic heterocycles. The second kappa shape index (κ2) is 8.93. The number of carbonyl (C=O) groups is 2. The van der Waals surface area contributed by atoms with Crippen LogP contribution in [0.4, 0.5) is 20.6 Å². The van der Waals surface area contributed by atoms with Crippen molar-refractivity contribution in [2.24, 2.45) is 5.14 Å². The molecular formula is C19H19ClFN3O4S2. The van der Waals surface area contributed by atoms with E-state index < -0.39 is 15.9 Å². The first-order chi connectivity index (χ1) is 14.1. The highest BCUT2D eigenvalue weighted by atomic mass is 35.5. The number of carbonyl (C=O) groups excluding carboxylic acids is 2. The first-order valence-corrected chi connectivity index (χ1v) is 11.8. The number of rotatable bonds is 4. The minimum Gasteiger partial charge on any atom is -0.324 e. The van der Waals surface area contributed by atoms with Crippen molar-refractivity contribution in [1.82, 2.24) is 0 Å². The van der Waals surface area contributed by atoms with Crippen LogP contribution in [0.1, 0.15) is 18.9 Å². The van der Waals surface area contributed by atoms with Gasteiger partial charge in [0, 0.05) is 11.7 Å². The van der Waals surface area contributed by atoms with Crippen molar-refractivity contribution in [3.05, 3.63) is 52.8 Å². The Labute approximate surface area is 182 Å². The van der Waals surface area contributed by atoms with Gasteiger partial charge in [-0.25, -0.2) is 17.9 Å². The van der Waals surface area contributed by atoms with Gasteiger partial charge >= 0.3 is 0 Å². The van der Waals surface area contributed by atoms with Crippen molar-refractivity contribution in [2.45, 2.75) is 30.7 Å².